The highest BCUT2D eigenvalue weighted by Crippen LogP contribution is 2.12. The van der Waals surface area contributed by atoms with Gasteiger partial charge in [-0.25, -0.2) is 0 Å². The zero-order valence-corrected chi connectivity index (χ0v) is 11.4. The second kappa shape index (κ2) is 9.95. The first kappa shape index (κ1) is 14.4. The van der Waals surface area contributed by atoms with Crippen molar-refractivity contribution in [3.05, 3.63) is 0 Å². The number of aliphatic hydroxyl groups is 1. The van der Waals surface area contributed by atoms with Crippen LogP contribution in [0.15, 0.2) is 0 Å². The maximum atomic E-state index is 9.24. The Balaban J connectivity index is 3.11. The molecule has 14 heavy (non-hydrogen) atoms. The van der Waals surface area contributed by atoms with Crippen molar-refractivity contribution in [2.45, 2.75) is 49.5 Å². The SMILES string of the molecule is N#CC(Br)CCCCCCC(O)CBr. The number of hydrogen-bond acceptors (Lipinski definition) is 2. The van der Waals surface area contributed by atoms with Crippen molar-refractivity contribution in [3.63, 3.8) is 0 Å². The monoisotopic (exact) mass is 325 g/mol. The van der Waals surface area contributed by atoms with E-state index in [1.165, 1.54) is 0 Å². The molecule has 0 fully saturated rings. The molecule has 1 N–H and O–H groups in total. The van der Waals surface area contributed by atoms with Gasteiger partial charge in [0.25, 0.3) is 0 Å². The topological polar surface area (TPSA) is 44.0 Å². The molecule has 0 bridgehead atoms. The maximum absolute atomic E-state index is 9.24. The first-order chi connectivity index (χ1) is 6.70. The first-order valence-corrected chi connectivity index (χ1v) is 7.02. The summed E-state index contributed by atoms with van der Waals surface area (Å²) >= 11 is 6.51. The van der Waals surface area contributed by atoms with E-state index in [-0.39, 0.29) is 10.9 Å². The minimum absolute atomic E-state index is 0.00984. The van der Waals surface area contributed by atoms with Gasteiger partial charge in [0, 0.05) is 5.33 Å². The van der Waals surface area contributed by atoms with Gasteiger partial charge in [0.05, 0.1) is 12.2 Å². The van der Waals surface area contributed by atoms with Gasteiger partial charge in [0.15, 0.2) is 0 Å². The number of nitrogens with zero attached hydrogens (tertiary/aromatic N) is 1. The molecule has 0 aliphatic heterocycles. The number of alkyl halides is 2. The molecule has 2 atom stereocenters. The zero-order chi connectivity index (χ0) is 10.8. The van der Waals surface area contributed by atoms with Gasteiger partial charge < -0.3 is 5.11 Å². The number of halogens is 2. The molecule has 0 aliphatic rings. The van der Waals surface area contributed by atoms with E-state index >= 15 is 0 Å². The van der Waals surface area contributed by atoms with Crippen molar-refractivity contribution in [1.82, 2.24) is 0 Å². The van der Waals surface area contributed by atoms with Gasteiger partial charge in [0.2, 0.25) is 0 Å². The molecule has 0 heterocycles. The summed E-state index contributed by atoms with van der Waals surface area (Å²) in [5.41, 5.74) is 0. The van der Waals surface area contributed by atoms with E-state index in [0.717, 1.165) is 38.5 Å². The number of rotatable bonds is 8. The molecule has 0 aromatic rings. The van der Waals surface area contributed by atoms with Crippen LogP contribution in [0.4, 0.5) is 0 Å². The molecule has 0 spiro atoms. The van der Waals surface area contributed by atoms with Crippen LogP contribution >= 0.6 is 31.9 Å². The van der Waals surface area contributed by atoms with Crippen LogP contribution in [0.2, 0.25) is 0 Å². The Labute approximate surface area is 103 Å². The Kier molecular flexibility index (Phi) is 10.2. The van der Waals surface area contributed by atoms with Crippen molar-refractivity contribution in [1.29, 1.82) is 5.26 Å². The number of nitriles is 1. The van der Waals surface area contributed by atoms with Crippen molar-refractivity contribution >= 4 is 31.9 Å². The summed E-state index contributed by atoms with van der Waals surface area (Å²) in [6.45, 7) is 0. The van der Waals surface area contributed by atoms with Crippen molar-refractivity contribution in [3.8, 4) is 6.07 Å². The third-order valence-electron chi connectivity index (χ3n) is 2.06. The Morgan fingerprint density at radius 3 is 2.21 bits per heavy atom. The molecule has 2 nitrogen and oxygen atoms in total. The summed E-state index contributed by atoms with van der Waals surface area (Å²) in [5, 5.41) is 18.4. The van der Waals surface area contributed by atoms with Crippen LogP contribution in [0.25, 0.3) is 0 Å². The Morgan fingerprint density at radius 2 is 1.71 bits per heavy atom. The molecule has 0 aromatic heterocycles. The fraction of sp³-hybridized carbons (Fsp3) is 0.900. The van der Waals surface area contributed by atoms with Gasteiger partial charge in [-0.15, -0.1) is 0 Å². The summed E-state index contributed by atoms with van der Waals surface area (Å²) in [6.07, 6.45) is 6.07. The maximum Gasteiger partial charge on any atom is 0.101 e. The van der Waals surface area contributed by atoms with E-state index in [0.29, 0.717) is 5.33 Å². The predicted molar refractivity (Wildman–Crippen MR) is 65.8 cm³/mol. The summed E-state index contributed by atoms with van der Waals surface area (Å²) in [6, 6.07) is 2.15. The molecule has 0 aliphatic carbocycles. The summed E-state index contributed by atoms with van der Waals surface area (Å²) in [7, 11) is 0. The minimum Gasteiger partial charge on any atom is -0.392 e. The quantitative estimate of drug-likeness (QED) is 0.549. The largest absolute Gasteiger partial charge is 0.392 e. The lowest BCUT2D eigenvalue weighted by Crippen LogP contribution is -2.06. The van der Waals surface area contributed by atoms with Gasteiger partial charge in [-0.05, 0) is 12.8 Å². The van der Waals surface area contributed by atoms with Crippen molar-refractivity contribution < 1.29 is 5.11 Å². The Hall–Kier alpha value is 0.410. The predicted octanol–water partition coefficient (Wildman–Crippen LogP) is 3.37. The highest BCUT2D eigenvalue weighted by molar-refractivity contribution is 9.09. The lowest BCUT2D eigenvalue weighted by atomic mass is 10.1. The van der Waals surface area contributed by atoms with Gasteiger partial charge >= 0.3 is 0 Å². The summed E-state index contributed by atoms with van der Waals surface area (Å²) < 4.78 is 0. The lowest BCUT2D eigenvalue weighted by molar-refractivity contribution is 0.186. The fourth-order valence-corrected chi connectivity index (χ4v) is 1.85. The normalized spacial score (nSPS) is 14.7. The van der Waals surface area contributed by atoms with E-state index in [2.05, 4.69) is 37.9 Å². The molecular weight excluding hydrogens is 310 g/mol. The number of aliphatic hydroxyl groups excluding tert-OH is 1. The highest BCUT2D eigenvalue weighted by atomic mass is 79.9. The zero-order valence-electron chi connectivity index (χ0n) is 8.25. The third kappa shape index (κ3) is 8.98. The average Bonchev–Trinajstić information content (AvgIpc) is 2.22. The van der Waals surface area contributed by atoms with E-state index in [1.54, 1.807) is 0 Å². The minimum atomic E-state index is -0.196. The number of unbranched alkanes of at least 4 members (excludes halogenated alkanes) is 3. The van der Waals surface area contributed by atoms with Crippen molar-refractivity contribution in [2.24, 2.45) is 0 Å². The molecule has 4 heteroatoms. The van der Waals surface area contributed by atoms with Gasteiger partial charge in [0.1, 0.15) is 4.83 Å². The Bertz CT molecular complexity index is 170. The van der Waals surface area contributed by atoms with E-state index in [4.69, 9.17) is 5.26 Å². The van der Waals surface area contributed by atoms with Gasteiger partial charge in [-0.1, -0.05) is 57.5 Å². The van der Waals surface area contributed by atoms with E-state index in [1.807, 2.05) is 0 Å². The summed E-state index contributed by atoms with van der Waals surface area (Å²) in [5.74, 6) is 0. The molecule has 0 aromatic carbocycles. The molecule has 0 rings (SSSR count). The first-order valence-electron chi connectivity index (χ1n) is 4.98. The molecule has 2 unspecified atom stereocenters. The second-order valence-electron chi connectivity index (χ2n) is 3.40. The van der Waals surface area contributed by atoms with Crippen LogP contribution in [-0.4, -0.2) is 21.4 Å². The standard InChI is InChI=1S/C10H17Br2NO/c11-7-10(14)6-4-2-1-3-5-9(12)8-13/h9-10,14H,1-7H2. The molecule has 0 saturated heterocycles. The van der Waals surface area contributed by atoms with E-state index < -0.39 is 0 Å². The molecule has 82 valence electrons. The van der Waals surface area contributed by atoms with E-state index in [9.17, 15) is 5.11 Å². The van der Waals surface area contributed by atoms with Crippen LogP contribution in [0, 0.1) is 11.3 Å². The molecule has 0 saturated carbocycles. The van der Waals surface area contributed by atoms with Crippen LogP contribution in [-0.2, 0) is 0 Å². The summed E-state index contributed by atoms with van der Waals surface area (Å²) in [4.78, 5) is 0.00984. The second-order valence-corrected chi connectivity index (χ2v) is 5.15. The van der Waals surface area contributed by atoms with Crippen LogP contribution in [0.3, 0.4) is 0 Å². The Morgan fingerprint density at radius 1 is 1.14 bits per heavy atom. The fourth-order valence-electron chi connectivity index (χ4n) is 1.20. The smallest absolute Gasteiger partial charge is 0.101 e. The molecule has 0 amide bonds. The lowest BCUT2D eigenvalue weighted by Gasteiger charge is -2.06. The van der Waals surface area contributed by atoms with Gasteiger partial charge in [-0.3, -0.25) is 0 Å². The van der Waals surface area contributed by atoms with Crippen LogP contribution in [0.1, 0.15) is 38.5 Å². The van der Waals surface area contributed by atoms with Crippen LogP contribution in [0.5, 0.6) is 0 Å². The molecule has 0 radical (unpaired) electrons. The number of hydrogen-bond donors (Lipinski definition) is 1. The van der Waals surface area contributed by atoms with Crippen LogP contribution < -0.4 is 0 Å². The molecular formula is C10H17Br2NO. The van der Waals surface area contributed by atoms with Gasteiger partial charge in [-0.2, -0.15) is 5.26 Å². The third-order valence-corrected chi connectivity index (χ3v) is 3.47. The van der Waals surface area contributed by atoms with Crippen molar-refractivity contribution in [2.75, 3.05) is 5.33 Å². The highest BCUT2D eigenvalue weighted by Gasteiger charge is 2.02. The average molecular weight is 327 g/mol.